The van der Waals surface area contributed by atoms with Crippen molar-refractivity contribution in [2.24, 2.45) is 0 Å². The molecule has 0 unspecified atom stereocenters. The standard InChI is InChI=1S/C7H6ClNS/c8-9-5-10-7-4-2-1-3-6(7)9/h1-4H,5H2. The summed E-state index contributed by atoms with van der Waals surface area (Å²) >= 11 is 7.63. The van der Waals surface area contributed by atoms with E-state index in [2.05, 4.69) is 6.07 Å². The molecule has 1 aliphatic rings. The van der Waals surface area contributed by atoms with Crippen molar-refractivity contribution in [1.82, 2.24) is 0 Å². The van der Waals surface area contributed by atoms with Gasteiger partial charge in [-0.05, 0) is 12.1 Å². The van der Waals surface area contributed by atoms with Crippen molar-refractivity contribution < 1.29 is 0 Å². The van der Waals surface area contributed by atoms with Crippen LogP contribution in [0.4, 0.5) is 5.69 Å². The first-order chi connectivity index (χ1) is 4.88. The molecule has 3 heteroatoms. The lowest BCUT2D eigenvalue weighted by Gasteiger charge is -2.04. The summed E-state index contributed by atoms with van der Waals surface area (Å²) in [4.78, 5) is 1.28. The van der Waals surface area contributed by atoms with Gasteiger partial charge in [0, 0.05) is 16.7 Å². The van der Waals surface area contributed by atoms with E-state index in [1.807, 2.05) is 18.2 Å². The number of nitrogens with zero attached hydrogens (tertiary/aromatic N) is 1. The Labute approximate surface area is 69.1 Å². The van der Waals surface area contributed by atoms with Crippen molar-refractivity contribution in [3.8, 4) is 0 Å². The van der Waals surface area contributed by atoms with Crippen LogP contribution in [0.3, 0.4) is 0 Å². The molecular weight excluding hydrogens is 166 g/mol. The molecule has 2 rings (SSSR count). The third kappa shape index (κ3) is 0.879. The summed E-state index contributed by atoms with van der Waals surface area (Å²) in [5.74, 6) is 0.862. The second-order valence-electron chi connectivity index (χ2n) is 2.10. The fourth-order valence-electron chi connectivity index (χ4n) is 0.975. The fraction of sp³-hybridized carbons (Fsp3) is 0.143. The first kappa shape index (κ1) is 6.38. The number of rotatable bonds is 0. The summed E-state index contributed by atoms with van der Waals surface area (Å²) in [7, 11) is 0. The molecule has 0 aromatic heterocycles. The second-order valence-corrected chi connectivity index (χ2v) is 3.50. The van der Waals surface area contributed by atoms with Gasteiger partial charge in [-0.25, -0.2) is 0 Å². The lowest BCUT2D eigenvalue weighted by molar-refractivity contribution is 1.29. The minimum atomic E-state index is 0.862. The molecule has 0 saturated carbocycles. The van der Waals surface area contributed by atoms with Crippen LogP contribution in [0.25, 0.3) is 0 Å². The molecule has 1 aliphatic heterocycles. The van der Waals surface area contributed by atoms with Crippen LogP contribution in [0, 0.1) is 0 Å². The topological polar surface area (TPSA) is 3.24 Å². The zero-order valence-corrected chi connectivity index (χ0v) is 6.82. The van der Waals surface area contributed by atoms with Gasteiger partial charge in [0.05, 0.1) is 11.6 Å². The van der Waals surface area contributed by atoms with E-state index in [4.69, 9.17) is 11.8 Å². The Balaban J connectivity index is 2.51. The Morgan fingerprint density at radius 1 is 1.40 bits per heavy atom. The maximum atomic E-state index is 5.86. The van der Waals surface area contributed by atoms with Crippen molar-refractivity contribution in [2.45, 2.75) is 4.90 Å². The SMILES string of the molecule is ClN1CSc2ccccc21. The third-order valence-corrected chi connectivity index (χ3v) is 2.95. The summed E-state index contributed by atoms with van der Waals surface area (Å²) in [6.45, 7) is 0. The Bertz CT molecular complexity index is 251. The molecule has 1 aromatic carbocycles. The van der Waals surface area contributed by atoms with Crippen LogP contribution >= 0.6 is 23.5 Å². The van der Waals surface area contributed by atoms with Gasteiger partial charge in [0.2, 0.25) is 0 Å². The lowest BCUT2D eigenvalue weighted by Crippen LogP contribution is -2.01. The molecule has 10 heavy (non-hydrogen) atoms. The molecule has 1 aromatic rings. The number of hydrogen-bond acceptors (Lipinski definition) is 2. The minimum Gasteiger partial charge on any atom is -0.274 e. The molecule has 1 heterocycles. The number of halogens is 1. The van der Waals surface area contributed by atoms with Gasteiger partial charge in [-0.3, -0.25) is 4.42 Å². The summed E-state index contributed by atoms with van der Waals surface area (Å²) in [6.07, 6.45) is 0. The van der Waals surface area contributed by atoms with Crippen molar-refractivity contribution in [1.29, 1.82) is 0 Å². The quantitative estimate of drug-likeness (QED) is 0.553. The van der Waals surface area contributed by atoms with Crippen molar-refractivity contribution >= 4 is 29.2 Å². The molecule has 0 atom stereocenters. The highest BCUT2D eigenvalue weighted by molar-refractivity contribution is 8.00. The van der Waals surface area contributed by atoms with Gasteiger partial charge in [0.15, 0.2) is 0 Å². The van der Waals surface area contributed by atoms with Gasteiger partial charge in [0.25, 0.3) is 0 Å². The Morgan fingerprint density at radius 3 is 3.00 bits per heavy atom. The highest BCUT2D eigenvalue weighted by atomic mass is 35.5. The summed E-state index contributed by atoms with van der Waals surface area (Å²) in [5.41, 5.74) is 1.13. The summed E-state index contributed by atoms with van der Waals surface area (Å²) in [5, 5.41) is 0. The maximum absolute atomic E-state index is 5.86. The molecule has 0 saturated heterocycles. The first-order valence-corrected chi connectivity index (χ1v) is 4.35. The van der Waals surface area contributed by atoms with Crippen LogP contribution in [0.15, 0.2) is 29.2 Å². The minimum absolute atomic E-state index is 0.862. The number of fused-ring (bicyclic) bond motifs is 1. The lowest BCUT2D eigenvalue weighted by atomic mass is 10.3. The van der Waals surface area contributed by atoms with Crippen LogP contribution in [-0.4, -0.2) is 5.88 Å². The van der Waals surface area contributed by atoms with Crippen LogP contribution in [-0.2, 0) is 0 Å². The summed E-state index contributed by atoms with van der Waals surface area (Å²) in [6, 6.07) is 8.15. The largest absolute Gasteiger partial charge is 0.274 e. The molecule has 0 aliphatic carbocycles. The Morgan fingerprint density at radius 2 is 2.20 bits per heavy atom. The second kappa shape index (κ2) is 2.36. The molecule has 1 nitrogen and oxygen atoms in total. The van der Waals surface area contributed by atoms with Gasteiger partial charge < -0.3 is 0 Å². The number of para-hydroxylation sites is 1. The molecule has 0 radical (unpaired) electrons. The zero-order chi connectivity index (χ0) is 6.97. The van der Waals surface area contributed by atoms with Crippen molar-refractivity contribution in [3.63, 3.8) is 0 Å². The molecule has 0 bridgehead atoms. The monoisotopic (exact) mass is 171 g/mol. The van der Waals surface area contributed by atoms with Crippen LogP contribution in [0.1, 0.15) is 0 Å². The van der Waals surface area contributed by atoms with Crippen molar-refractivity contribution in [2.75, 3.05) is 10.3 Å². The predicted octanol–water partition coefficient (Wildman–Crippen LogP) is 2.71. The van der Waals surface area contributed by atoms with E-state index in [0.29, 0.717) is 0 Å². The van der Waals surface area contributed by atoms with E-state index in [1.165, 1.54) is 4.90 Å². The van der Waals surface area contributed by atoms with Gasteiger partial charge >= 0.3 is 0 Å². The van der Waals surface area contributed by atoms with E-state index in [-0.39, 0.29) is 0 Å². The predicted molar refractivity (Wildman–Crippen MR) is 45.5 cm³/mol. The highest BCUT2D eigenvalue weighted by Crippen LogP contribution is 2.38. The number of thioether (sulfide) groups is 1. The average Bonchev–Trinajstić information content (AvgIpc) is 2.34. The van der Waals surface area contributed by atoms with Gasteiger partial charge in [-0.1, -0.05) is 12.1 Å². The van der Waals surface area contributed by atoms with E-state index in [1.54, 1.807) is 16.2 Å². The van der Waals surface area contributed by atoms with Gasteiger partial charge in [0.1, 0.15) is 0 Å². The normalized spacial score (nSPS) is 15.5. The highest BCUT2D eigenvalue weighted by Gasteiger charge is 2.15. The first-order valence-electron chi connectivity index (χ1n) is 3.03. The molecule has 0 amide bonds. The molecule has 0 N–H and O–H groups in total. The molecule has 52 valence electrons. The van der Waals surface area contributed by atoms with Crippen LogP contribution in [0.5, 0.6) is 0 Å². The molecule has 0 fully saturated rings. The zero-order valence-electron chi connectivity index (χ0n) is 5.25. The van der Waals surface area contributed by atoms with E-state index in [0.717, 1.165) is 11.6 Å². The molecule has 0 spiro atoms. The van der Waals surface area contributed by atoms with Gasteiger partial charge in [-0.15, -0.1) is 11.8 Å². The fourth-order valence-corrected chi connectivity index (χ4v) is 2.21. The smallest absolute Gasteiger partial charge is 0.0851 e. The Hall–Kier alpha value is -0.340. The van der Waals surface area contributed by atoms with E-state index < -0.39 is 0 Å². The van der Waals surface area contributed by atoms with Crippen LogP contribution in [0.2, 0.25) is 0 Å². The number of anilines is 1. The maximum Gasteiger partial charge on any atom is 0.0851 e. The molecular formula is C7H6ClNS. The van der Waals surface area contributed by atoms with Crippen LogP contribution < -0.4 is 4.42 Å². The third-order valence-electron chi connectivity index (χ3n) is 1.46. The summed E-state index contributed by atoms with van der Waals surface area (Å²) < 4.78 is 1.74. The number of hydrogen-bond donors (Lipinski definition) is 0. The number of benzene rings is 1. The van der Waals surface area contributed by atoms with E-state index >= 15 is 0 Å². The average molecular weight is 172 g/mol. The van der Waals surface area contributed by atoms with E-state index in [9.17, 15) is 0 Å². The Kier molecular flexibility index (Phi) is 1.51. The van der Waals surface area contributed by atoms with Gasteiger partial charge in [-0.2, -0.15) is 0 Å². The van der Waals surface area contributed by atoms with Crippen molar-refractivity contribution in [3.05, 3.63) is 24.3 Å².